The van der Waals surface area contributed by atoms with Gasteiger partial charge >= 0.3 is 0 Å². The molecular formula is C13H15Cl2N3O2S. The van der Waals surface area contributed by atoms with Gasteiger partial charge in [0.15, 0.2) is 0 Å². The van der Waals surface area contributed by atoms with E-state index in [0.29, 0.717) is 18.2 Å². The van der Waals surface area contributed by atoms with Crippen LogP contribution in [0.5, 0.6) is 0 Å². The standard InChI is InChI=1S/C13H15Cl2N3O2S/c1-3-17(2)12(19)9-6-21-7-18(9)13(20)11-8(14)4-5-10(15)16-11/h4-5,9H,3,6-7H2,1-2H3/t9-/m0/s1. The third-order valence-electron chi connectivity index (χ3n) is 3.29. The molecule has 1 saturated heterocycles. The van der Waals surface area contributed by atoms with E-state index in [2.05, 4.69) is 4.98 Å². The molecule has 0 unspecified atom stereocenters. The minimum Gasteiger partial charge on any atom is -0.344 e. The van der Waals surface area contributed by atoms with Crippen LogP contribution in [0.3, 0.4) is 0 Å². The third-order valence-corrected chi connectivity index (χ3v) is 4.82. The highest BCUT2D eigenvalue weighted by atomic mass is 35.5. The highest BCUT2D eigenvalue weighted by molar-refractivity contribution is 7.99. The first-order valence-corrected chi connectivity index (χ1v) is 8.32. The van der Waals surface area contributed by atoms with Gasteiger partial charge in [-0.25, -0.2) is 4.98 Å². The van der Waals surface area contributed by atoms with Crippen LogP contribution in [0, 0.1) is 0 Å². The molecule has 2 heterocycles. The van der Waals surface area contributed by atoms with Crippen molar-refractivity contribution in [3.8, 4) is 0 Å². The fourth-order valence-corrected chi connectivity index (χ4v) is 3.44. The second-order valence-electron chi connectivity index (χ2n) is 4.61. The average Bonchev–Trinajstić information content (AvgIpc) is 2.96. The second kappa shape index (κ2) is 6.85. The quantitative estimate of drug-likeness (QED) is 0.787. The Morgan fingerprint density at radius 3 is 2.86 bits per heavy atom. The van der Waals surface area contributed by atoms with Crippen molar-refractivity contribution < 1.29 is 9.59 Å². The van der Waals surface area contributed by atoms with Gasteiger partial charge in [-0.1, -0.05) is 23.2 Å². The molecule has 1 aliphatic rings. The zero-order chi connectivity index (χ0) is 15.6. The van der Waals surface area contributed by atoms with Crippen LogP contribution in [-0.4, -0.2) is 57.9 Å². The summed E-state index contributed by atoms with van der Waals surface area (Å²) in [6, 6.07) is 2.57. The topological polar surface area (TPSA) is 53.5 Å². The normalized spacial score (nSPS) is 17.9. The number of hydrogen-bond acceptors (Lipinski definition) is 4. The van der Waals surface area contributed by atoms with Crippen LogP contribution in [-0.2, 0) is 4.79 Å². The van der Waals surface area contributed by atoms with E-state index >= 15 is 0 Å². The summed E-state index contributed by atoms with van der Waals surface area (Å²) >= 11 is 13.4. The molecule has 0 aromatic carbocycles. The van der Waals surface area contributed by atoms with Crippen molar-refractivity contribution in [2.75, 3.05) is 25.2 Å². The lowest BCUT2D eigenvalue weighted by Gasteiger charge is -2.26. The van der Waals surface area contributed by atoms with Crippen molar-refractivity contribution in [2.24, 2.45) is 0 Å². The van der Waals surface area contributed by atoms with E-state index in [4.69, 9.17) is 23.2 Å². The molecule has 21 heavy (non-hydrogen) atoms. The van der Waals surface area contributed by atoms with Gasteiger partial charge in [-0.3, -0.25) is 9.59 Å². The molecule has 1 atom stereocenters. The van der Waals surface area contributed by atoms with E-state index < -0.39 is 6.04 Å². The Morgan fingerprint density at radius 1 is 1.48 bits per heavy atom. The van der Waals surface area contributed by atoms with Crippen molar-refractivity contribution in [1.82, 2.24) is 14.8 Å². The van der Waals surface area contributed by atoms with Crippen molar-refractivity contribution >= 4 is 46.8 Å². The van der Waals surface area contributed by atoms with E-state index in [9.17, 15) is 9.59 Å². The zero-order valence-corrected chi connectivity index (χ0v) is 14.0. The van der Waals surface area contributed by atoms with Crippen molar-refractivity contribution in [3.05, 3.63) is 28.0 Å². The molecule has 5 nitrogen and oxygen atoms in total. The first-order chi connectivity index (χ1) is 9.95. The van der Waals surface area contributed by atoms with E-state index in [1.807, 2.05) is 6.92 Å². The SMILES string of the molecule is CCN(C)C(=O)[C@@H]1CSCN1C(=O)c1nc(Cl)ccc1Cl. The van der Waals surface area contributed by atoms with Crippen molar-refractivity contribution in [2.45, 2.75) is 13.0 Å². The monoisotopic (exact) mass is 347 g/mol. The van der Waals surface area contributed by atoms with Gasteiger partial charge in [0.05, 0.1) is 10.9 Å². The van der Waals surface area contributed by atoms with Crippen LogP contribution < -0.4 is 0 Å². The summed E-state index contributed by atoms with van der Waals surface area (Å²) in [4.78, 5) is 32.0. The predicted octanol–water partition coefficient (Wildman–Crippen LogP) is 2.38. The Morgan fingerprint density at radius 2 is 2.19 bits per heavy atom. The van der Waals surface area contributed by atoms with Crippen LogP contribution in [0.15, 0.2) is 12.1 Å². The molecule has 0 saturated carbocycles. The van der Waals surface area contributed by atoms with E-state index in [-0.39, 0.29) is 27.7 Å². The van der Waals surface area contributed by atoms with Crippen molar-refractivity contribution in [3.63, 3.8) is 0 Å². The molecule has 0 spiro atoms. The molecule has 1 aromatic rings. The number of hydrogen-bond donors (Lipinski definition) is 0. The first-order valence-electron chi connectivity index (χ1n) is 6.41. The molecule has 1 fully saturated rings. The number of halogens is 2. The lowest BCUT2D eigenvalue weighted by Crippen LogP contribution is -2.48. The summed E-state index contributed by atoms with van der Waals surface area (Å²) in [6.07, 6.45) is 0. The van der Waals surface area contributed by atoms with E-state index in [0.717, 1.165) is 0 Å². The first kappa shape index (κ1) is 16.4. The number of carbonyl (C=O) groups excluding carboxylic acids is 2. The smallest absolute Gasteiger partial charge is 0.275 e. The fraction of sp³-hybridized carbons (Fsp3) is 0.462. The number of thioether (sulfide) groups is 1. The van der Waals surface area contributed by atoms with Crippen LogP contribution in [0.25, 0.3) is 0 Å². The van der Waals surface area contributed by atoms with Gasteiger partial charge in [0, 0.05) is 19.3 Å². The Balaban J connectivity index is 2.25. The molecule has 2 rings (SSSR count). The predicted molar refractivity (Wildman–Crippen MR) is 84.9 cm³/mol. The van der Waals surface area contributed by atoms with Crippen LogP contribution in [0.4, 0.5) is 0 Å². The van der Waals surface area contributed by atoms with Gasteiger partial charge in [-0.15, -0.1) is 11.8 Å². The highest BCUT2D eigenvalue weighted by Gasteiger charge is 2.37. The zero-order valence-electron chi connectivity index (χ0n) is 11.7. The molecule has 8 heteroatoms. The summed E-state index contributed by atoms with van der Waals surface area (Å²) in [7, 11) is 1.72. The van der Waals surface area contributed by atoms with Gasteiger partial charge in [-0.05, 0) is 19.1 Å². The molecule has 1 aliphatic heterocycles. The number of amides is 2. The molecular weight excluding hydrogens is 333 g/mol. The number of pyridine rings is 1. The second-order valence-corrected chi connectivity index (χ2v) is 6.40. The van der Waals surface area contributed by atoms with Gasteiger partial charge in [-0.2, -0.15) is 0 Å². The minimum atomic E-state index is -0.482. The molecule has 114 valence electrons. The van der Waals surface area contributed by atoms with E-state index in [1.165, 1.54) is 28.8 Å². The number of nitrogens with zero attached hydrogens (tertiary/aromatic N) is 3. The summed E-state index contributed by atoms with van der Waals surface area (Å²) in [5, 5.41) is 0.430. The minimum absolute atomic E-state index is 0.0750. The average molecular weight is 348 g/mol. The molecule has 0 bridgehead atoms. The Labute approximate surface area is 137 Å². The number of aromatic nitrogens is 1. The van der Waals surface area contributed by atoms with E-state index in [1.54, 1.807) is 11.9 Å². The van der Waals surface area contributed by atoms with Crippen molar-refractivity contribution in [1.29, 1.82) is 0 Å². The molecule has 1 aromatic heterocycles. The maximum Gasteiger partial charge on any atom is 0.275 e. The van der Waals surface area contributed by atoms with Gasteiger partial charge in [0.1, 0.15) is 16.9 Å². The van der Waals surface area contributed by atoms with Gasteiger partial charge in [0.2, 0.25) is 5.91 Å². The summed E-state index contributed by atoms with van der Waals surface area (Å²) < 4.78 is 0. The lowest BCUT2D eigenvalue weighted by atomic mass is 10.2. The summed E-state index contributed by atoms with van der Waals surface area (Å²) in [5.74, 6) is 0.578. The molecule has 2 amide bonds. The van der Waals surface area contributed by atoms with Gasteiger partial charge in [0.25, 0.3) is 5.91 Å². The number of carbonyl (C=O) groups is 2. The third kappa shape index (κ3) is 3.44. The Hall–Kier alpha value is -0.980. The Kier molecular flexibility index (Phi) is 5.35. The molecule has 0 aliphatic carbocycles. The van der Waals surface area contributed by atoms with Gasteiger partial charge < -0.3 is 9.80 Å². The van der Waals surface area contributed by atoms with Crippen LogP contribution >= 0.6 is 35.0 Å². The Bertz CT molecular complexity index is 570. The summed E-state index contributed by atoms with van der Waals surface area (Å²) in [5.41, 5.74) is 0.0867. The number of likely N-dealkylation sites (N-methyl/N-ethyl adjacent to an activating group) is 1. The maximum absolute atomic E-state index is 12.6. The summed E-state index contributed by atoms with van der Waals surface area (Å²) in [6.45, 7) is 2.49. The largest absolute Gasteiger partial charge is 0.344 e. The lowest BCUT2D eigenvalue weighted by molar-refractivity contribution is -0.133. The molecule has 0 N–H and O–H groups in total. The number of rotatable bonds is 3. The highest BCUT2D eigenvalue weighted by Crippen LogP contribution is 2.26. The maximum atomic E-state index is 12.6. The van der Waals surface area contributed by atoms with Crippen LogP contribution in [0.2, 0.25) is 10.2 Å². The van der Waals surface area contributed by atoms with Crippen LogP contribution in [0.1, 0.15) is 17.4 Å². The molecule has 0 radical (unpaired) electrons. The fourth-order valence-electron chi connectivity index (χ4n) is 1.96.